The molecule has 0 aliphatic carbocycles. The van der Waals surface area contributed by atoms with E-state index in [2.05, 4.69) is 4.74 Å². The van der Waals surface area contributed by atoms with Crippen LogP contribution in [-0.4, -0.2) is 39.5 Å². The van der Waals surface area contributed by atoms with Crippen molar-refractivity contribution in [3.63, 3.8) is 0 Å². The van der Waals surface area contributed by atoms with Crippen LogP contribution >= 0.6 is 11.6 Å². The van der Waals surface area contributed by atoms with Gasteiger partial charge in [0.05, 0.1) is 22.6 Å². The Balaban J connectivity index is 3.61. The SMILES string of the molecule is COC(=O)c1cc(S(C)(=O)=O)cc(C(C)CO)c1Cl. The third-order valence-corrected chi connectivity index (χ3v) is 4.23. The quantitative estimate of drug-likeness (QED) is 0.855. The van der Waals surface area contributed by atoms with Crippen molar-refractivity contribution in [3.8, 4) is 0 Å². The zero-order valence-electron chi connectivity index (χ0n) is 10.8. The zero-order chi connectivity index (χ0) is 14.8. The van der Waals surface area contributed by atoms with Gasteiger partial charge in [0, 0.05) is 18.8 Å². The van der Waals surface area contributed by atoms with Crippen molar-refractivity contribution in [2.75, 3.05) is 20.0 Å². The Bertz CT molecular complexity index is 594. The number of methoxy groups -OCH3 is 1. The summed E-state index contributed by atoms with van der Waals surface area (Å²) >= 11 is 6.07. The van der Waals surface area contributed by atoms with E-state index < -0.39 is 21.7 Å². The Morgan fingerprint density at radius 1 is 1.47 bits per heavy atom. The van der Waals surface area contributed by atoms with Crippen LogP contribution < -0.4 is 0 Å². The number of halogens is 1. The van der Waals surface area contributed by atoms with E-state index in [1.54, 1.807) is 6.92 Å². The minimum Gasteiger partial charge on any atom is -0.465 e. The molecule has 1 atom stereocenters. The number of aliphatic hydroxyl groups is 1. The van der Waals surface area contributed by atoms with Crippen LogP contribution in [-0.2, 0) is 14.6 Å². The minimum atomic E-state index is -3.50. The molecule has 0 bridgehead atoms. The highest BCUT2D eigenvalue weighted by molar-refractivity contribution is 7.90. The third-order valence-electron chi connectivity index (χ3n) is 2.71. The summed E-state index contributed by atoms with van der Waals surface area (Å²) in [7, 11) is -2.31. The van der Waals surface area contributed by atoms with Crippen molar-refractivity contribution in [3.05, 3.63) is 28.3 Å². The van der Waals surface area contributed by atoms with Gasteiger partial charge in [0.15, 0.2) is 9.84 Å². The third kappa shape index (κ3) is 3.46. The summed E-state index contributed by atoms with van der Waals surface area (Å²) < 4.78 is 27.8. The van der Waals surface area contributed by atoms with E-state index in [0.29, 0.717) is 5.56 Å². The molecule has 1 rings (SSSR count). The maximum Gasteiger partial charge on any atom is 0.339 e. The minimum absolute atomic E-state index is 0.0256. The van der Waals surface area contributed by atoms with Crippen LogP contribution in [0, 0.1) is 0 Å². The molecule has 0 aliphatic rings. The second-order valence-corrected chi connectivity index (χ2v) is 6.62. The van der Waals surface area contributed by atoms with Crippen LogP contribution in [0.5, 0.6) is 0 Å². The van der Waals surface area contributed by atoms with E-state index in [0.717, 1.165) is 6.26 Å². The van der Waals surface area contributed by atoms with E-state index in [4.69, 9.17) is 16.7 Å². The topological polar surface area (TPSA) is 80.7 Å². The molecular weight excluding hydrogens is 292 g/mol. The lowest BCUT2D eigenvalue weighted by Gasteiger charge is -2.15. The van der Waals surface area contributed by atoms with E-state index >= 15 is 0 Å². The number of aliphatic hydroxyl groups excluding tert-OH is 1. The summed E-state index contributed by atoms with van der Waals surface area (Å²) in [5, 5.41) is 9.27. The van der Waals surface area contributed by atoms with Crippen LogP contribution in [0.15, 0.2) is 17.0 Å². The van der Waals surface area contributed by atoms with Crippen LogP contribution in [0.4, 0.5) is 0 Å². The summed E-state index contributed by atoms with van der Waals surface area (Å²) in [6, 6.07) is 2.54. The molecule has 0 fully saturated rings. The summed E-state index contributed by atoms with van der Waals surface area (Å²) in [6.45, 7) is 1.46. The lowest BCUT2D eigenvalue weighted by molar-refractivity contribution is 0.0600. The van der Waals surface area contributed by atoms with Crippen molar-refractivity contribution >= 4 is 27.4 Å². The van der Waals surface area contributed by atoms with Gasteiger partial charge in [-0.15, -0.1) is 0 Å². The lowest BCUT2D eigenvalue weighted by Crippen LogP contribution is -2.10. The summed E-state index contributed by atoms with van der Waals surface area (Å²) in [4.78, 5) is 11.6. The molecule has 1 N–H and O–H groups in total. The van der Waals surface area contributed by atoms with Crippen LogP contribution in [0.1, 0.15) is 28.8 Å². The number of benzene rings is 1. The highest BCUT2D eigenvalue weighted by Crippen LogP contribution is 2.31. The molecule has 0 heterocycles. The van der Waals surface area contributed by atoms with Crippen molar-refractivity contribution < 1.29 is 23.1 Å². The van der Waals surface area contributed by atoms with Gasteiger partial charge < -0.3 is 9.84 Å². The molecule has 0 aliphatic heterocycles. The van der Waals surface area contributed by atoms with Crippen LogP contribution in [0.3, 0.4) is 0 Å². The van der Waals surface area contributed by atoms with Gasteiger partial charge in [-0.2, -0.15) is 0 Å². The molecule has 0 saturated heterocycles. The molecule has 5 nitrogen and oxygen atoms in total. The van der Waals surface area contributed by atoms with E-state index in [9.17, 15) is 13.2 Å². The van der Waals surface area contributed by atoms with Crippen molar-refractivity contribution in [2.45, 2.75) is 17.7 Å². The molecule has 1 unspecified atom stereocenters. The first-order chi connectivity index (χ1) is 8.72. The fourth-order valence-electron chi connectivity index (χ4n) is 1.55. The average Bonchev–Trinajstić information content (AvgIpc) is 2.35. The molecule has 0 radical (unpaired) electrons. The number of hydrogen-bond donors (Lipinski definition) is 1. The Kier molecular flexibility index (Phi) is 4.95. The molecule has 0 aromatic heterocycles. The number of ether oxygens (including phenoxy) is 1. The Hall–Kier alpha value is -1.11. The first kappa shape index (κ1) is 15.9. The van der Waals surface area contributed by atoms with Crippen molar-refractivity contribution in [1.29, 1.82) is 0 Å². The molecular formula is C12H15ClO5S. The molecule has 1 aromatic carbocycles. The molecule has 19 heavy (non-hydrogen) atoms. The molecule has 106 valence electrons. The fourth-order valence-corrected chi connectivity index (χ4v) is 2.59. The fraction of sp³-hybridized carbons (Fsp3) is 0.417. The second kappa shape index (κ2) is 5.90. The second-order valence-electron chi connectivity index (χ2n) is 4.22. The monoisotopic (exact) mass is 306 g/mol. The summed E-state index contributed by atoms with van der Waals surface area (Å²) in [5.41, 5.74) is 0.370. The summed E-state index contributed by atoms with van der Waals surface area (Å²) in [6.07, 6.45) is 1.03. The Labute approximate surface area is 117 Å². The van der Waals surface area contributed by atoms with Gasteiger partial charge in [-0.05, 0) is 17.7 Å². The van der Waals surface area contributed by atoms with Crippen LogP contribution in [0.25, 0.3) is 0 Å². The number of sulfone groups is 1. The largest absolute Gasteiger partial charge is 0.465 e. The first-order valence-electron chi connectivity index (χ1n) is 5.45. The molecule has 0 spiro atoms. The maximum atomic E-state index is 11.6. The van der Waals surface area contributed by atoms with Crippen molar-refractivity contribution in [2.24, 2.45) is 0 Å². The maximum absolute atomic E-state index is 11.6. The molecule has 0 saturated carbocycles. The number of carbonyl (C=O) groups excluding carboxylic acids is 1. The normalized spacial score (nSPS) is 13.1. The molecule has 0 amide bonds. The predicted octanol–water partition coefficient (Wildman–Crippen LogP) is 1.63. The molecule has 1 aromatic rings. The summed E-state index contributed by atoms with van der Waals surface area (Å²) in [5.74, 6) is -1.11. The predicted molar refractivity (Wildman–Crippen MR) is 71.4 cm³/mol. The lowest BCUT2D eigenvalue weighted by atomic mass is 9.99. The van der Waals surface area contributed by atoms with E-state index in [1.165, 1.54) is 19.2 Å². The molecule has 7 heteroatoms. The van der Waals surface area contributed by atoms with Gasteiger partial charge in [0.2, 0.25) is 0 Å². The van der Waals surface area contributed by atoms with Crippen molar-refractivity contribution in [1.82, 2.24) is 0 Å². The zero-order valence-corrected chi connectivity index (χ0v) is 12.4. The van der Waals surface area contributed by atoms with Gasteiger partial charge in [-0.25, -0.2) is 13.2 Å². The van der Waals surface area contributed by atoms with E-state index in [-0.39, 0.29) is 22.1 Å². The van der Waals surface area contributed by atoms with Gasteiger partial charge in [-0.1, -0.05) is 18.5 Å². The van der Waals surface area contributed by atoms with Gasteiger partial charge in [0.1, 0.15) is 0 Å². The Morgan fingerprint density at radius 3 is 2.47 bits per heavy atom. The smallest absolute Gasteiger partial charge is 0.339 e. The van der Waals surface area contributed by atoms with E-state index in [1.807, 2.05) is 0 Å². The highest BCUT2D eigenvalue weighted by Gasteiger charge is 2.22. The number of rotatable bonds is 4. The average molecular weight is 307 g/mol. The number of carbonyl (C=O) groups is 1. The van der Waals surface area contributed by atoms with Gasteiger partial charge in [-0.3, -0.25) is 0 Å². The number of hydrogen-bond acceptors (Lipinski definition) is 5. The van der Waals surface area contributed by atoms with Gasteiger partial charge >= 0.3 is 5.97 Å². The van der Waals surface area contributed by atoms with Gasteiger partial charge in [0.25, 0.3) is 0 Å². The Morgan fingerprint density at radius 2 is 2.05 bits per heavy atom. The highest BCUT2D eigenvalue weighted by atomic mass is 35.5. The number of esters is 1. The van der Waals surface area contributed by atoms with Crippen LogP contribution in [0.2, 0.25) is 5.02 Å². The standard InChI is InChI=1S/C12H15ClO5S/c1-7(6-14)9-4-8(19(3,16)17)5-10(11(9)13)12(15)18-2/h4-5,7,14H,6H2,1-3H3. The first-order valence-corrected chi connectivity index (χ1v) is 7.72.